The molecule has 3 rings (SSSR count). The number of H-pyrrole nitrogens is 1. The number of aryl methyl sites for hydroxylation is 2. The predicted octanol–water partition coefficient (Wildman–Crippen LogP) is 2.27. The van der Waals surface area contributed by atoms with Crippen LogP contribution in [0, 0.1) is 5.92 Å². The summed E-state index contributed by atoms with van der Waals surface area (Å²) in [7, 11) is 0. The van der Waals surface area contributed by atoms with Crippen molar-refractivity contribution in [3.05, 3.63) is 23.9 Å². The minimum absolute atomic E-state index is 0.469. The van der Waals surface area contributed by atoms with Crippen molar-refractivity contribution >= 4 is 0 Å². The number of nitrogens with one attached hydrogen (secondary N) is 1. The summed E-state index contributed by atoms with van der Waals surface area (Å²) in [5, 5.41) is 10.8. The molecule has 0 aliphatic heterocycles. The van der Waals surface area contributed by atoms with Crippen molar-refractivity contribution in [2.75, 3.05) is 0 Å². The van der Waals surface area contributed by atoms with Crippen molar-refractivity contribution in [3.63, 3.8) is 0 Å². The van der Waals surface area contributed by atoms with Crippen molar-refractivity contribution < 1.29 is 4.52 Å². The van der Waals surface area contributed by atoms with Gasteiger partial charge in [-0.2, -0.15) is 10.1 Å². The highest BCUT2D eigenvalue weighted by Gasteiger charge is 2.27. The zero-order chi connectivity index (χ0) is 13.1. The summed E-state index contributed by atoms with van der Waals surface area (Å²) in [5.74, 6) is 3.57. The van der Waals surface area contributed by atoms with Crippen LogP contribution in [0.4, 0.5) is 0 Å². The fourth-order valence-electron chi connectivity index (χ4n) is 2.80. The van der Waals surface area contributed by atoms with Crippen molar-refractivity contribution in [1.82, 2.24) is 25.3 Å². The maximum atomic E-state index is 5.34. The third-order valence-electron chi connectivity index (χ3n) is 3.97. The van der Waals surface area contributed by atoms with Crippen LogP contribution in [0.1, 0.15) is 56.1 Å². The molecule has 2 atom stereocenters. The number of nitrogens with zero attached hydrogens (tertiary/aromatic N) is 4. The third-order valence-corrected chi connectivity index (χ3v) is 3.97. The largest absolute Gasteiger partial charge is 0.339 e. The number of aromatic nitrogens is 5. The van der Waals surface area contributed by atoms with Gasteiger partial charge in [0.15, 0.2) is 5.82 Å². The molecule has 0 amide bonds. The summed E-state index contributed by atoms with van der Waals surface area (Å²) in [5.41, 5.74) is 0. The van der Waals surface area contributed by atoms with E-state index in [9.17, 15) is 0 Å². The van der Waals surface area contributed by atoms with Gasteiger partial charge in [-0.1, -0.05) is 31.3 Å². The van der Waals surface area contributed by atoms with Gasteiger partial charge < -0.3 is 4.52 Å². The van der Waals surface area contributed by atoms with Crippen LogP contribution in [0.15, 0.2) is 10.9 Å². The van der Waals surface area contributed by atoms with Gasteiger partial charge >= 0.3 is 0 Å². The molecule has 2 aromatic rings. The van der Waals surface area contributed by atoms with E-state index in [1.807, 2.05) is 0 Å². The Labute approximate surface area is 112 Å². The van der Waals surface area contributed by atoms with Crippen LogP contribution in [0.3, 0.4) is 0 Å². The van der Waals surface area contributed by atoms with Gasteiger partial charge in [0.05, 0.1) is 0 Å². The lowest BCUT2D eigenvalue weighted by Crippen LogP contribution is -2.16. The summed E-state index contributed by atoms with van der Waals surface area (Å²) in [4.78, 5) is 8.63. The smallest absolute Gasteiger partial charge is 0.227 e. The lowest BCUT2D eigenvalue weighted by Gasteiger charge is -2.25. The van der Waals surface area contributed by atoms with Crippen molar-refractivity contribution in [2.45, 2.75) is 51.4 Å². The molecule has 1 N–H and O–H groups in total. The second-order valence-electron chi connectivity index (χ2n) is 5.35. The number of hydrogen-bond donors (Lipinski definition) is 1. The molecule has 6 heteroatoms. The Bertz CT molecular complexity index is 507. The van der Waals surface area contributed by atoms with Crippen LogP contribution in [0.2, 0.25) is 0 Å². The molecule has 0 unspecified atom stereocenters. The second kappa shape index (κ2) is 5.50. The quantitative estimate of drug-likeness (QED) is 0.913. The number of hydrogen-bond acceptors (Lipinski definition) is 5. The Kier molecular flexibility index (Phi) is 3.57. The van der Waals surface area contributed by atoms with E-state index < -0.39 is 0 Å². The average Bonchev–Trinajstić information content (AvgIpc) is 3.08. The maximum absolute atomic E-state index is 5.34. The predicted molar refractivity (Wildman–Crippen MR) is 68.5 cm³/mol. The summed E-state index contributed by atoms with van der Waals surface area (Å²) < 4.78 is 5.34. The van der Waals surface area contributed by atoms with Gasteiger partial charge in [0, 0.05) is 18.8 Å². The van der Waals surface area contributed by atoms with E-state index in [2.05, 4.69) is 32.2 Å². The van der Waals surface area contributed by atoms with Gasteiger partial charge in [-0.25, -0.2) is 4.98 Å². The monoisotopic (exact) mass is 261 g/mol. The molecular weight excluding hydrogens is 242 g/mol. The van der Waals surface area contributed by atoms with Gasteiger partial charge in [0.25, 0.3) is 0 Å². The van der Waals surface area contributed by atoms with Crippen LogP contribution < -0.4 is 0 Å². The Morgan fingerprint density at radius 1 is 1.32 bits per heavy atom. The molecule has 0 radical (unpaired) electrons. The van der Waals surface area contributed by atoms with E-state index >= 15 is 0 Å². The van der Waals surface area contributed by atoms with Crippen LogP contribution in [0.5, 0.6) is 0 Å². The molecule has 0 spiro atoms. The minimum atomic E-state index is 0.469. The molecule has 2 aromatic heterocycles. The first-order valence-electron chi connectivity index (χ1n) is 6.99. The van der Waals surface area contributed by atoms with E-state index in [0.717, 1.165) is 18.1 Å². The molecule has 1 aliphatic carbocycles. The second-order valence-corrected chi connectivity index (χ2v) is 5.35. The fourth-order valence-corrected chi connectivity index (χ4v) is 2.80. The molecule has 6 nitrogen and oxygen atoms in total. The summed E-state index contributed by atoms with van der Waals surface area (Å²) in [6.45, 7) is 2.29. The van der Waals surface area contributed by atoms with Crippen molar-refractivity contribution in [3.8, 4) is 0 Å². The average molecular weight is 261 g/mol. The topological polar surface area (TPSA) is 80.5 Å². The molecule has 19 heavy (non-hydrogen) atoms. The minimum Gasteiger partial charge on any atom is -0.339 e. The molecule has 1 saturated carbocycles. The molecule has 2 heterocycles. The third kappa shape index (κ3) is 2.83. The highest BCUT2D eigenvalue weighted by molar-refractivity contribution is 5.00. The van der Waals surface area contributed by atoms with E-state index in [1.165, 1.54) is 32.0 Å². The van der Waals surface area contributed by atoms with Gasteiger partial charge in [-0.05, 0) is 12.3 Å². The zero-order valence-electron chi connectivity index (χ0n) is 11.2. The standard InChI is InChI=1S/C13H19N5O/c1-9-4-2-3-5-10(9)13-16-12(19-18-13)7-6-11-14-8-15-17-11/h8-10H,2-7H2,1H3,(H,14,15,17)/t9-,10+/m1/s1. The molecule has 0 saturated heterocycles. The summed E-state index contributed by atoms with van der Waals surface area (Å²) >= 11 is 0. The first-order valence-corrected chi connectivity index (χ1v) is 6.99. The lowest BCUT2D eigenvalue weighted by molar-refractivity contribution is 0.305. The number of aromatic amines is 1. The van der Waals surface area contributed by atoms with Crippen LogP contribution in [-0.4, -0.2) is 25.3 Å². The Morgan fingerprint density at radius 2 is 2.21 bits per heavy atom. The maximum Gasteiger partial charge on any atom is 0.227 e. The first kappa shape index (κ1) is 12.3. The fraction of sp³-hybridized carbons (Fsp3) is 0.692. The van der Waals surface area contributed by atoms with E-state index in [-0.39, 0.29) is 0 Å². The SMILES string of the molecule is C[C@@H]1CCCC[C@@H]1c1noc(CCc2ncn[nH]2)n1. The molecule has 0 bridgehead atoms. The highest BCUT2D eigenvalue weighted by Crippen LogP contribution is 2.35. The Balaban J connectivity index is 1.62. The van der Waals surface area contributed by atoms with Crippen molar-refractivity contribution in [1.29, 1.82) is 0 Å². The zero-order valence-corrected chi connectivity index (χ0v) is 11.2. The summed E-state index contributed by atoms with van der Waals surface area (Å²) in [6.07, 6.45) is 8.03. The lowest BCUT2D eigenvalue weighted by atomic mass is 9.80. The van der Waals surface area contributed by atoms with E-state index in [1.54, 1.807) is 0 Å². The summed E-state index contributed by atoms with van der Waals surface area (Å²) in [6, 6.07) is 0. The molecule has 0 aromatic carbocycles. The molecule has 102 valence electrons. The Hall–Kier alpha value is -1.72. The normalized spacial score (nSPS) is 23.6. The van der Waals surface area contributed by atoms with E-state index in [4.69, 9.17) is 4.52 Å². The molecule has 1 aliphatic rings. The van der Waals surface area contributed by atoms with Crippen LogP contribution >= 0.6 is 0 Å². The van der Waals surface area contributed by atoms with Crippen molar-refractivity contribution in [2.24, 2.45) is 5.92 Å². The van der Waals surface area contributed by atoms with Crippen LogP contribution in [-0.2, 0) is 12.8 Å². The van der Waals surface area contributed by atoms with Gasteiger partial charge in [-0.3, -0.25) is 5.10 Å². The first-order chi connectivity index (χ1) is 9.33. The molecular formula is C13H19N5O. The van der Waals surface area contributed by atoms with Gasteiger partial charge in [0.2, 0.25) is 5.89 Å². The Morgan fingerprint density at radius 3 is 3.00 bits per heavy atom. The van der Waals surface area contributed by atoms with Crippen LogP contribution in [0.25, 0.3) is 0 Å². The molecule has 1 fully saturated rings. The van der Waals surface area contributed by atoms with E-state index in [0.29, 0.717) is 24.1 Å². The van der Waals surface area contributed by atoms with Gasteiger partial charge in [0.1, 0.15) is 12.2 Å². The van der Waals surface area contributed by atoms with Gasteiger partial charge in [-0.15, -0.1) is 0 Å². The highest BCUT2D eigenvalue weighted by atomic mass is 16.5. The number of rotatable bonds is 4.